The van der Waals surface area contributed by atoms with E-state index in [4.69, 9.17) is 0 Å². The fraction of sp³-hybridized carbons (Fsp3) is 1.00. The zero-order chi connectivity index (χ0) is 30.2. The lowest BCUT2D eigenvalue weighted by Gasteiger charge is -2.53. The standard InChI is InChI=1S/C12H2F24/c13-1(5(17,18)19)3(15,9(25,26)27)7(23,11(31,32)33)8(24,12(34,35)36)4(16,10(28,29)30)2(14)6(20,21)22/h1-2H. The Morgan fingerprint density at radius 3 is 0.528 bits per heavy atom. The van der Waals surface area contributed by atoms with Gasteiger partial charge >= 0.3 is 37.1 Å². The van der Waals surface area contributed by atoms with E-state index in [1.54, 1.807) is 0 Å². The highest BCUT2D eigenvalue weighted by Gasteiger charge is 3.03. The minimum absolute atomic E-state index is 7.55. The maximum absolute atomic E-state index is 14.6. The molecule has 6 atom stereocenters. The summed E-state index contributed by atoms with van der Waals surface area (Å²) in [6.07, 6.45) is -67.7. The van der Waals surface area contributed by atoms with Gasteiger partial charge in [-0.1, -0.05) is 0 Å². The van der Waals surface area contributed by atoms with Crippen molar-refractivity contribution in [3.63, 3.8) is 0 Å². The number of rotatable bonds is 5. The zero-order valence-electron chi connectivity index (χ0n) is 15.2. The fourth-order valence-corrected chi connectivity index (χ4v) is 2.78. The van der Waals surface area contributed by atoms with Crippen LogP contribution in [0.25, 0.3) is 0 Å². The summed E-state index contributed by atoms with van der Waals surface area (Å²) in [7, 11) is 0. The lowest BCUT2D eigenvalue weighted by Crippen LogP contribution is -2.88. The van der Waals surface area contributed by atoms with Crippen LogP contribution in [-0.4, -0.2) is 72.1 Å². The number of alkyl halides is 24. The zero-order valence-corrected chi connectivity index (χ0v) is 15.2. The van der Waals surface area contributed by atoms with E-state index in [9.17, 15) is 105 Å². The SMILES string of the molecule is FC(C(F)(F)F)C(F)(C(F)(F)F)C(F)(C(F)(F)F)C(F)(C(F)(F)F)C(F)(C(F)C(F)(F)F)C(F)(F)F. The van der Waals surface area contributed by atoms with Crippen molar-refractivity contribution in [2.45, 2.75) is 72.1 Å². The largest absolute Gasteiger partial charge is 0.429 e. The van der Waals surface area contributed by atoms with Crippen molar-refractivity contribution < 1.29 is 105 Å². The monoisotopic (exact) mass is 602 g/mol. The molecule has 0 aliphatic rings. The fourth-order valence-electron chi connectivity index (χ4n) is 2.78. The minimum Gasteiger partial charge on any atom is -0.233 e. The molecule has 0 spiro atoms. The Hall–Kier alpha value is -1.68. The van der Waals surface area contributed by atoms with Crippen LogP contribution in [0, 0.1) is 0 Å². The molecular weight excluding hydrogens is 600 g/mol. The third-order valence-corrected chi connectivity index (χ3v) is 4.36. The second-order valence-corrected chi connectivity index (χ2v) is 6.54. The maximum atomic E-state index is 14.6. The molecule has 0 amide bonds. The van der Waals surface area contributed by atoms with Crippen LogP contribution in [0.4, 0.5) is 105 Å². The maximum Gasteiger partial charge on any atom is 0.429 e. The van der Waals surface area contributed by atoms with Crippen molar-refractivity contribution in [1.29, 1.82) is 0 Å². The lowest BCUT2D eigenvalue weighted by atomic mass is 9.62. The van der Waals surface area contributed by atoms with Crippen LogP contribution in [0.5, 0.6) is 0 Å². The van der Waals surface area contributed by atoms with E-state index in [0.717, 1.165) is 0 Å². The predicted octanol–water partition coefficient (Wildman–Crippen LogP) is 7.87. The molecule has 0 saturated carbocycles. The van der Waals surface area contributed by atoms with Gasteiger partial charge in [-0.25, -0.2) is 26.3 Å². The highest BCUT2D eigenvalue weighted by Crippen LogP contribution is 2.70. The summed E-state index contributed by atoms with van der Waals surface area (Å²) in [6, 6.07) is 0. The number of hydrogen-bond donors (Lipinski definition) is 0. The molecule has 218 valence electrons. The molecule has 0 N–H and O–H groups in total. The summed E-state index contributed by atoms with van der Waals surface area (Å²) < 4.78 is 314. The number of halogens is 24. The quantitative estimate of drug-likeness (QED) is 0.281. The van der Waals surface area contributed by atoms with E-state index in [-0.39, 0.29) is 0 Å². The molecule has 0 nitrogen and oxygen atoms in total. The Balaban J connectivity index is 8.68. The van der Waals surface area contributed by atoms with Crippen molar-refractivity contribution in [3.8, 4) is 0 Å². The molecule has 24 heteroatoms. The first kappa shape index (κ1) is 34.3. The van der Waals surface area contributed by atoms with Crippen LogP contribution in [0.15, 0.2) is 0 Å². The molecule has 0 aliphatic heterocycles. The molecule has 0 bridgehead atoms. The summed E-state index contributed by atoms with van der Waals surface area (Å²) in [5.41, 5.74) is -38.9. The van der Waals surface area contributed by atoms with E-state index < -0.39 is 72.1 Å². The van der Waals surface area contributed by atoms with Crippen LogP contribution in [0.2, 0.25) is 0 Å². The summed E-state index contributed by atoms with van der Waals surface area (Å²) in [4.78, 5) is 0. The van der Waals surface area contributed by atoms with Crippen molar-refractivity contribution >= 4 is 0 Å². The van der Waals surface area contributed by atoms with Gasteiger partial charge in [0.2, 0.25) is 12.3 Å². The van der Waals surface area contributed by atoms with Gasteiger partial charge in [0, 0.05) is 0 Å². The summed E-state index contributed by atoms with van der Waals surface area (Å²) >= 11 is 0. The molecule has 36 heavy (non-hydrogen) atoms. The molecule has 0 radical (unpaired) electrons. The van der Waals surface area contributed by atoms with E-state index in [1.165, 1.54) is 0 Å². The van der Waals surface area contributed by atoms with Gasteiger partial charge in [0.1, 0.15) is 0 Å². The molecule has 0 rings (SSSR count). The Morgan fingerprint density at radius 2 is 0.444 bits per heavy atom. The second kappa shape index (κ2) is 8.41. The van der Waals surface area contributed by atoms with Crippen LogP contribution in [0.3, 0.4) is 0 Å². The molecule has 6 unspecified atom stereocenters. The molecule has 0 saturated heterocycles. The lowest BCUT2D eigenvalue weighted by molar-refractivity contribution is -0.470. The van der Waals surface area contributed by atoms with Crippen LogP contribution in [-0.2, 0) is 0 Å². The smallest absolute Gasteiger partial charge is 0.233 e. The van der Waals surface area contributed by atoms with Gasteiger partial charge < -0.3 is 0 Å². The average Bonchev–Trinajstić information content (AvgIpc) is 2.58. The van der Waals surface area contributed by atoms with Crippen molar-refractivity contribution in [1.82, 2.24) is 0 Å². The van der Waals surface area contributed by atoms with Crippen LogP contribution >= 0.6 is 0 Å². The van der Waals surface area contributed by atoms with Gasteiger partial charge in [-0.15, -0.1) is 0 Å². The highest BCUT2D eigenvalue weighted by molar-refractivity contribution is 5.32. The minimum atomic E-state index is -10.0. The van der Waals surface area contributed by atoms with Crippen molar-refractivity contribution in [3.05, 3.63) is 0 Å². The van der Waals surface area contributed by atoms with E-state index >= 15 is 0 Å². The first-order chi connectivity index (χ1) is 15.1. The molecular formula is C12H2F24. The molecule has 0 heterocycles. The molecule has 0 aromatic heterocycles. The van der Waals surface area contributed by atoms with Gasteiger partial charge in [0.25, 0.3) is 22.7 Å². The third kappa shape index (κ3) is 4.36. The Bertz CT molecular complexity index is 708. The van der Waals surface area contributed by atoms with Gasteiger partial charge in [0.15, 0.2) is 0 Å². The number of hydrogen-bond acceptors (Lipinski definition) is 0. The van der Waals surface area contributed by atoms with Crippen LogP contribution in [0.1, 0.15) is 0 Å². The Morgan fingerprint density at radius 1 is 0.278 bits per heavy atom. The van der Waals surface area contributed by atoms with Gasteiger partial charge in [-0.3, -0.25) is 0 Å². The van der Waals surface area contributed by atoms with E-state index in [1.807, 2.05) is 0 Å². The van der Waals surface area contributed by atoms with E-state index in [0.29, 0.717) is 0 Å². The third-order valence-electron chi connectivity index (χ3n) is 4.36. The summed E-state index contributed by atoms with van der Waals surface area (Å²) in [5, 5.41) is 0. The van der Waals surface area contributed by atoms with Crippen LogP contribution < -0.4 is 0 Å². The molecule has 0 aromatic carbocycles. The first-order valence-corrected chi connectivity index (χ1v) is 7.50. The van der Waals surface area contributed by atoms with Crippen molar-refractivity contribution in [2.24, 2.45) is 0 Å². The van der Waals surface area contributed by atoms with Gasteiger partial charge in [-0.05, 0) is 0 Å². The first-order valence-electron chi connectivity index (χ1n) is 7.50. The molecule has 0 fully saturated rings. The van der Waals surface area contributed by atoms with Crippen molar-refractivity contribution in [2.75, 3.05) is 0 Å². The molecule has 0 aromatic rings. The van der Waals surface area contributed by atoms with Gasteiger partial charge in [0.05, 0.1) is 0 Å². The highest BCUT2D eigenvalue weighted by atomic mass is 19.4. The Labute approximate surface area is 179 Å². The van der Waals surface area contributed by atoms with Gasteiger partial charge in [-0.2, -0.15) is 79.0 Å². The van der Waals surface area contributed by atoms with E-state index in [2.05, 4.69) is 0 Å². The average molecular weight is 602 g/mol. The normalized spacial score (nSPS) is 23.7. The summed E-state index contributed by atoms with van der Waals surface area (Å²) in [6.45, 7) is 0. The second-order valence-electron chi connectivity index (χ2n) is 6.54. The predicted molar refractivity (Wildman–Crippen MR) is 61.5 cm³/mol. The summed E-state index contributed by atoms with van der Waals surface area (Å²) in [5.74, 6) is 0. The Kier molecular flexibility index (Phi) is 8.02. The topological polar surface area (TPSA) is 0 Å². The molecule has 0 aliphatic carbocycles.